The third-order valence-electron chi connectivity index (χ3n) is 5.63. The summed E-state index contributed by atoms with van der Waals surface area (Å²) in [5.41, 5.74) is 3.74. The molecule has 0 radical (unpaired) electrons. The van der Waals surface area contributed by atoms with Gasteiger partial charge in [0, 0.05) is 18.3 Å². The van der Waals surface area contributed by atoms with E-state index in [1.807, 2.05) is 6.20 Å². The van der Waals surface area contributed by atoms with Gasteiger partial charge in [-0.2, -0.15) is 0 Å². The van der Waals surface area contributed by atoms with Crippen molar-refractivity contribution < 1.29 is 0 Å². The van der Waals surface area contributed by atoms with Gasteiger partial charge in [0.05, 0.1) is 0 Å². The molecule has 3 rings (SSSR count). The van der Waals surface area contributed by atoms with Crippen LogP contribution in [0.15, 0.2) is 30.5 Å². The number of nitrogens with one attached hydrogen (secondary N) is 1. The average molecular weight is 312 g/mol. The number of aromatic amines is 1. The molecule has 0 amide bonds. The highest BCUT2D eigenvalue weighted by atomic mass is 15.3. The second-order valence-electron chi connectivity index (χ2n) is 7.16. The van der Waals surface area contributed by atoms with Gasteiger partial charge in [-0.3, -0.25) is 5.10 Å². The molecule has 4 nitrogen and oxygen atoms in total. The van der Waals surface area contributed by atoms with Gasteiger partial charge in [-0.25, -0.2) is 0 Å². The van der Waals surface area contributed by atoms with Gasteiger partial charge < -0.3 is 4.90 Å². The van der Waals surface area contributed by atoms with Crippen LogP contribution in [0.1, 0.15) is 45.6 Å². The number of nitrogens with zero attached hydrogens (tertiary/aromatic N) is 3. The van der Waals surface area contributed by atoms with E-state index in [2.05, 4.69) is 65.3 Å². The van der Waals surface area contributed by atoms with Crippen LogP contribution in [0, 0.1) is 5.92 Å². The molecule has 0 aliphatic carbocycles. The van der Waals surface area contributed by atoms with E-state index in [-0.39, 0.29) is 5.41 Å². The molecule has 124 valence electrons. The Bertz CT molecular complexity index is 622. The molecule has 4 heteroatoms. The summed E-state index contributed by atoms with van der Waals surface area (Å²) in [6, 6.07) is 8.85. The van der Waals surface area contributed by atoms with Crippen LogP contribution in [-0.2, 0) is 5.41 Å². The van der Waals surface area contributed by atoms with Crippen LogP contribution in [0.25, 0.3) is 11.3 Å². The Balaban J connectivity index is 1.79. The fraction of sp³-hybridized carbons (Fsp3) is 0.579. The summed E-state index contributed by atoms with van der Waals surface area (Å²) in [6.07, 6.45) is 5.67. The molecule has 0 bridgehead atoms. The number of rotatable bonds is 5. The molecule has 1 aliphatic rings. The molecule has 2 aromatic rings. The lowest BCUT2D eigenvalue weighted by Crippen LogP contribution is -2.47. The molecule has 0 spiro atoms. The minimum atomic E-state index is 0.239. The minimum Gasteiger partial charge on any atom is -0.303 e. The summed E-state index contributed by atoms with van der Waals surface area (Å²) in [7, 11) is 0. The number of hydrogen-bond donors (Lipinski definition) is 1. The Kier molecular flexibility index (Phi) is 4.81. The average Bonchev–Trinajstić information content (AvgIpc) is 3.11. The van der Waals surface area contributed by atoms with Gasteiger partial charge in [0.15, 0.2) is 0 Å². The van der Waals surface area contributed by atoms with Gasteiger partial charge in [-0.1, -0.05) is 50.6 Å². The van der Waals surface area contributed by atoms with Crippen molar-refractivity contribution >= 4 is 0 Å². The molecule has 2 heterocycles. The molecule has 1 aliphatic heterocycles. The summed E-state index contributed by atoms with van der Waals surface area (Å²) >= 11 is 0. The highest BCUT2D eigenvalue weighted by Gasteiger charge is 2.37. The molecule has 1 aromatic carbocycles. The summed E-state index contributed by atoms with van der Waals surface area (Å²) in [4.78, 5) is 2.64. The van der Waals surface area contributed by atoms with Crippen molar-refractivity contribution in [1.29, 1.82) is 0 Å². The number of likely N-dealkylation sites (tertiary alicyclic amines) is 1. The van der Waals surface area contributed by atoms with Crippen LogP contribution in [0.4, 0.5) is 0 Å². The highest BCUT2D eigenvalue weighted by molar-refractivity contribution is 5.59. The highest BCUT2D eigenvalue weighted by Crippen LogP contribution is 2.40. The van der Waals surface area contributed by atoms with Gasteiger partial charge in [0.2, 0.25) is 0 Å². The summed E-state index contributed by atoms with van der Waals surface area (Å²) in [6.45, 7) is 10.8. The van der Waals surface area contributed by atoms with Gasteiger partial charge in [0.25, 0.3) is 0 Å². The maximum Gasteiger partial charge on any atom is 0.112 e. The molecule has 0 saturated carbocycles. The van der Waals surface area contributed by atoms with Crippen LogP contribution in [0.3, 0.4) is 0 Å². The monoisotopic (exact) mass is 312 g/mol. The molecule has 2 atom stereocenters. The zero-order valence-corrected chi connectivity index (χ0v) is 14.5. The van der Waals surface area contributed by atoms with E-state index >= 15 is 0 Å². The maximum absolute atomic E-state index is 4.15. The lowest BCUT2D eigenvalue weighted by molar-refractivity contribution is 0.110. The van der Waals surface area contributed by atoms with Crippen LogP contribution >= 0.6 is 0 Å². The van der Waals surface area contributed by atoms with Crippen LogP contribution in [-0.4, -0.2) is 39.9 Å². The fourth-order valence-electron chi connectivity index (χ4n) is 3.71. The first kappa shape index (κ1) is 16.2. The molecule has 1 fully saturated rings. The normalized spacial score (nSPS) is 25.6. The molecule has 1 N–H and O–H groups in total. The second-order valence-corrected chi connectivity index (χ2v) is 7.16. The number of hydrogen-bond acceptors (Lipinski definition) is 3. The summed E-state index contributed by atoms with van der Waals surface area (Å²) < 4.78 is 0. The lowest BCUT2D eigenvalue weighted by atomic mass is 9.67. The molecule has 1 saturated heterocycles. The second kappa shape index (κ2) is 6.83. The van der Waals surface area contributed by atoms with Gasteiger partial charge in [-0.05, 0) is 48.9 Å². The van der Waals surface area contributed by atoms with Crippen molar-refractivity contribution in [3.8, 4) is 11.3 Å². The van der Waals surface area contributed by atoms with E-state index in [0.717, 1.165) is 11.3 Å². The van der Waals surface area contributed by atoms with E-state index in [9.17, 15) is 0 Å². The number of aromatic nitrogens is 3. The van der Waals surface area contributed by atoms with Gasteiger partial charge in [-0.15, -0.1) is 5.10 Å². The third kappa shape index (κ3) is 3.32. The Morgan fingerprint density at radius 3 is 2.96 bits per heavy atom. The number of unbranched alkanes of at least 4 members (excludes halogenated alkanes) is 1. The predicted octanol–water partition coefficient (Wildman–Crippen LogP) is 3.87. The lowest BCUT2D eigenvalue weighted by Gasteiger charge is -2.45. The summed E-state index contributed by atoms with van der Waals surface area (Å²) in [5, 5.41) is 10.8. The van der Waals surface area contributed by atoms with Crippen LogP contribution in [0.5, 0.6) is 0 Å². The number of benzene rings is 1. The van der Waals surface area contributed by atoms with E-state index < -0.39 is 0 Å². The minimum absolute atomic E-state index is 0.239. The molecule has 2 unspecified atom stereocenters. The van der Waals surface area contributed by atoms with E-state index in [4.69, 9.17) is 0 Å². The van der Waals surface area contributed by atoms with E-state index in [1.54, 1.807) is 0 Å². The Morgan fingerprint density at radius 2 is 2.26 bits per heavy atom. The standard InChI is InChI=1S/C19H28N4/c1-4-5-10-23-11-9-19(3,15(2)14-23)17-8-6-7-16(12-17)18-13-20-22-21-18/h6-8,12-13,15H,4-5,9-11,14H2,1-3H3,(H,20,21,22). The number of piperidine rings is 1. The van der Waals surface area contributed by atoms with Crippen molar-refractivity contribution in [3.05, 3.63) is 36.0 Å². The SMILES string of the molecule is CCCCN1CCC(C)(c2cccc(-c3c[nH]nn3)c2)C(C)C1. The first-order valence-corrected chi connectivity index (χ1v) is 8.83. The van der Waals surface area contributed by atoms with Crippen molar-refractivity contribution in [1.82, 2.24) is 20.3 Å². The molecule has 1 aromatic heterocycles. The van der Waals surface area contributed by atoms with Crippen LogP contribution in [0.2, 0.25) is 0 Å². The topological polar surface area (TPSA) is 44.8 Å². The maximum atomic E-state index is 4.15. The zero-order valence-electron chi connectivity index (χ0n) is 14.5. The largest absolute Gasteiger partial charge is 0.303 e. The quantitative estimate of drug-likeness (QED) is 0.911. The zero-order chi connectivity index (χ0) is 16.3. The van der Waals surface area contributed by atoms with Crippen molar-refractivity contribution in [2.45, 2.75) is 45.4 Å². The fourth-order valence-corrected chi connectivity index (χ4v) is 3.71. The number of H-pyrrole nitrogens is 1. The van der Waals surface area contributed by atoms with Crippen molar-refractivity contribution in [3.63, 3.8) is 0 Å². The van der Waals surface area contributed by atoms with Crippen molar-refractivity contribution in [2.75, 3.05) is 19.6 Å². The smallest absolute Gasteiger partial charge is 0.112 e. The molecule has 23 heavy (non-hydrogen) atoms. The first-order chi connectivity index (χ1) is 11.1. The van der Waals surface area contributed by atoms with Gasteiger partial charge in [0.1, 0.15) is 5.69 Å². The molecular formula is C19H28N4. The molecular weight excluding hydrogens is 284 g/mol. The van der Waals surface area contributed by atoms with Crippen LogP contribution < -0.4 is 0 Å². The Hall–Kier alpha value is -1.68. The Labute approximate surface area is 139 Å². The summed E-state index contributed by atoms with van der Waals surface area (Å²) in [5.74, 6) is 0.653. The van der Waals surface area contributed by atoms with Crippen molar-refractivity contribution in [2.24, 2.45) is 5.92 Å². The van der Waals surface area contributed by atoms with Gasteiger partial charge >= 0.3 is 0 Å². The predicted molar refractivity (Wildman–Crippen MR) is 94.3 cm³/mol. The third-order valence-corrected chi connectivity index (χ3v) is 5.63. The Morgan fingerprint density at radius 1 is 1.39 bits per heavy atom. The van der Waals surface area contributed by atoms with E-state index in [0.29, 0.717) is 5.92 Å². The van der Waals surface area contributed by atoms with E-state index in [1.165, 1.54) is 44.5 Å². The first-order valence-electron chi connectivity index (χ1n) is 8.83.